The summed E-state index contributed by atoms with van der Waals surface area (Å²) in [7, 11) is 2.09. The molecule has 1 atom stereocenters. The number of hydrogen-bond donors (Lipinski definition) is 2. The zero-order valence-corrected chi connectivity index (χ0v) is 11.5. The molecule has 4 N–H and O–H groups in total. The zero-order valence-electron chi connectivity index (χ0n) is 11.5. The molecule has 1 rings (SSSR count). The highest BCUT2D eigenvalue weighted by molar-refractivity contribution is 5.36. The van der Waals surface area contributed by atoms with E-state index < -0.39 is 0 Å². The second-order valence-corrected chi connectivity index (χ2v) is 5.06. The predicted octanol–water partition coefficient (Wildman–Crippen LogP) is 1.33. The Kier molecular flexibility index (Phi) is 5.12. The number of rotatable bonds is 5. The molecule has 0 saturated carbocycles. The summed E-state index contributed by atoms with van der Waals surface area (Å²) in [6.07, 6.45) is 0. The summed E-state index contributed by atoms with van der Waals surface area (Å²) >= 11 is 0. The Bertz CT molecular complexity index is 374. The Morgan fingerprint density at radius 2 is 1.71 bits per heavy atom. The predicted molar refractivity (Wildman–Crippen MR) is 74.0 cm³/mol. The normalized spacial score (nSPS) is 13.1. The van der Waals surface area contributed by atoms with Crippen LogP contribution in [0.3, 0.4) is 0 Å². The number of aryl methyl sites for hydroxylation is 3. The second kappa shape index (κ2) is 6.15. The van der Waals surface area contributed by atoms with Gasteiger partial charge in [-0.15, -0.1) is 0 Å². The molecule has 0 fully saturated rings. The highest BCUT2D eigenvalue weighted by atomic mass is 15.1. The minimum absolute atomic E-state index is 0.0619. The first-order chi connectivity index (χ1) is 7.93. The van der Waals surface area contributed by atoms with Crippen molar-refractivity contribution in [2.24, 2.45) is 11.5 Å². The summed E-state index contributed by atoms with van der Waals surface area (Å²) in [4.78, 5) is 2.23. The van der Waals surface area contributed by atoms with Crippen LogP contribution in [0.5, 0.6) is 0 Å². The smallest absolute Gasteiger partial charge is 0.0292 e. The van der Waals surface area contributed by atoms with Gasteiger partial charge in [-0.2, -0.15) is 0 Å². The maximum absolute atomic E-state index is 5.85. The van der Waals surface area contributed by atoms with Crippen LogP contribution < -0.4 is 11.5 Å². The van der Waals surface area contributed by atoms with E-state index in [0.29, 0.717) is 6.54 Å². The van der Waals surface area contributed by atoms with E-state index >= 15 is 0 Å². The van der Waals surface area contributed by atoms with Gasteiger partial charge in [-0.05, 0) is 50.1 Å². The molecule has 0 aliphatic rings. The Balaban J connectivity index is 2.71. The Morgan fingerprint density at radius 3 is 2.29 bits per heavy atom. The monoisotopic (exact) mass is 235 g/mol. The van der Waals surface area contributed by atoms with E-state index in [-0.39, 0.29) is 6.04 Å². The molecule has 3 heteroatoms. The molecule has 96 valence electrons. The molecule has 0 aromatic heterocycles. The third kappa shape index (κ3) is 4.11. The van der Waals surface area contributed by atoms with Gasteiger partial charge in [0.05, 0.1) is 0 Å². The van der Waals surface area contributed by atoms with Crippen LogP contribution in [-0.4, -0.2) is 31.1 Å². The molecular formula is C14H25N3. The van der Waals surface area contributed by atoms with Gasteiger partial charge >= 0.3 is 0 Å². The third-order valence-electron chi connectivity index (χ3n) is 3.24. The molecule has 1 aromatic rings. The molecule has 0 aliphatic heterocycles. The SMILES string of the molecule is Cc1cc(C)c(CN(C)CC(N)CN)cc1C. The Labute approximate surface area is 105 Å². The summed E-state index contributed by atoms with van der Waals surface area (Å²) in [6, 6.07) is 4.59. The molecule has 0 spiro atoms. The number of nitrogens with two attached hydrogens (primary N) is 2. The van der Waals surface area contributed by atoms with Gasteiger partial charge in [0, 0.05) is 25.7 Å². The largest absolute Gasteiger partial charge is 0.329 e. The fraction of sp³-hybridized carbons (Fsp3) is 0.571. The second-order valence-electron chi connectivity index (χ2n) is 5.06. The van der Waals surface area contributed by atoms with Gasteiger partial charge in [0.25, 0.3) is 0 Å². The van der Waals surface area contributed by atoms with Crippen molar-refractivity contribution in [3.05, 3.63) is 34.4 Å². The van der Waals surface area contributed by atoms with Crippen LogP contribution >= 0.6 is 0 Å². The average molecular weight is 235 g/mol. The van der Waals surface area contributed by atoms with Gasteiger partial charge in [-0.25, -0.2) is 0 Å². The molecule has 0 aliphatic carbocycles. The lowest BCUT2D eigenvalue weighted by Crippen LogP contribution is -2.40. The minimum atomic E-state index is 0.0619. The number of hydrogen-bond acceptors (Lipinski definition) is 3. The first-order valence-corrected chi connectivity index (χ1v) is 6.15. The molecule has 17 heavy (non-hydrogen) atoms. The van der Waals surface area contributed by atoms with Gasteiger partial charge in [0.15, 0.2) is 0 Å². The van der Waals surface area contributed by atoms with E-state index in [1.165, 1.54) is 22.3 Å². The first kappa shape index (κ1) is 14.2. The molecule has 3 nitrogen and oxygen atoms in total. The highest BCUT2D eigenvalue weighted by Gasteiger charge is 2.08. The van der Waals surface area contributed by atoms with Crippen LogP contribution in [0.25, 0.3) is 0 Å². The van der Waals surface area contributed by atoms with Gasteiger partial charge in [-0.1, -0.05) is 12.1 Å². The summed E-state index contributed by atoms with van der Waals surface area (Å²) in [5.74, 6) is 0. The quantitative estimate of drug-likeness (QED) is 0.809. The van der Waals surface area contributed by atoms with Crippen LogP contribution in [0.1, 0.15) is 22.3 Å². The summed E-state index contributed by atoms with van der Waals surface area (Å²) < 4.78 is 0. The molecule has 0 radical (unpaired) electrons. The maximum atomic E-state index is 5.85. The molecule has 1 unspecified atom stereocenters. The lowest BCUT2D eigenvalue weighted by Gasteiger charge is -2.21. The van der Waals surface area contributed by atoms with Crippen molar-refractivity contribution in [1.82, 2.24) is 4.90 Å². The lowest BCUT2D eigenvalue weighted by atomic mass is 10.0. The summed E-state index contributed by atoms with van der Waals surface area (Å²) in [6.45, 7) is 8.78. The van der Waals surface area contributed by atoms with Crippen molar-refractivity contribution in [2.45, 2.75) is 33.4 Å². The van der Waals surface area contributed by atoms with E-state index in [2.05, 4.69) is 44.9 Å². The van der Waals surface area contributed by atoms with Crippen molar-refractivity contribution < 1.29 is 0 Å². The number of likely N-dealkylation sites (N-methyl/N-ethyl adjacent to an activating group) is 1. The third-order valence-corrected chi connectivity index (χ3v) is 3.24. The van der Waals surface area contributed by atoms with Gasteiger partial charge in [0.2, 0.25) is 0 Å². The van der Waals surface area contributed by atoms with Crippen molar-refractivity contribution in [3.63, 3.8) is 0 Å². The van der Waals surface area contributed by atoms with Crippen molar-refractivity contribution in [3.8, 4) is 0 Å². The van der Waals surface area contributed by atoms with Crippen molar-refractivity contribution in [1.29, 1.82) is 0 Å². The van der Waals surface area contributed by atoms with E-state index in [1.807, 2.05) is 0 Å². The van der Waals surface area contributed by atoms with Gasteiger partial charge in [0.1, 0.15) is 0 Å². The minimum Gasteiger partial charge on any atom is -0.329 e. The molecule has 0 saturated heterocycles. The van der Waals surface area contributed by atoms with Crippen LogP contribution in [0, 0.1) is 20.8 Å². The van der Waals surface area contributed by atoms with Crippen LogP contribution in [0.4, 0.5) is 0 Å². The number of benzene rings is 1. The van der Waals surface area contributed by atoms with E-state index in [1.54, 1.807) is 0 Å². The standard InChI is InChI=1S/C14H25N3/c1-10-5-12(3)13(6-11(10)2)8-17(4)9-14(16)7-15/h5-6,14H,7-9,15-16H2,1-4H3. The highest BCUT2D eigenvalue weighted by Crippen LogP contribution is 2.16. The fourth-order valence-corrected chi connectivity index (χ4v) is 2.02. The Hall–Kier alpha value is -0.900. The topological polar surface area (TPSA) is 55.3 Å². The van der Waals surface area contributed by atoms with E-state index in [4.69, 9.17) is 11.5 Å². The maximum Gasteiger partial charge on any atom is 0.0292 e. The molecular weight excluding hydrogens is 210 g/mol. The first-order valence-electron chi connectivity index (χ1n) is 6.15. The van der Waals surface area contributed by atoms with Crippen LogP contribution in [-0.2, 0) is 6.54 Å². The fourth-order valence-electron chi connectivity index (χ4n) is 2.02. The Morgan fingerprint density at radius 1 is 1.12 bits per heavy atom. The summed E-state index contributed by atoms with van der Waals surface area (Å²) in [5, 5.41) is 0. The van der Waals surface area contributed by atoms with Gasteiger partial charge < -0.3 is 16.4 Å². The van der Waals surface area contributed by atoms with Crippen LogP contribution in [0.2, 0.25) is 0 Å². The molecule has 0 heterocycles. The average Bonchev–Trinajstić information content (AvgIpc) is 2.25. The zero-order chi connectivity index (χ0) is 13.0. The molecule has 0 amide bonds. The van der Waals surface area contributed by atoms with Crippen molar-refractivity contribution in [2.75, 3.05) is 20.1 Å². The van der Waals surface area contributed by atoms with Crippen molar-refractivity contribution >= 4 is 0 Å². The lowest BCUT2D eigenvalue weighted by molar-refractivity contribution is 0.304. The number of nitrogens with zero attached hydrogens (tertiary/aromatic N) is 1. The summed E-state index contributed by atoms with van der Waals surface area (Å²) in [5.41, 5.74) is 16.8. The van der Waals surface area contributed by atoms with E-state index in [0.717, 1.165) is 13.1 Å². The van der Waals surface area contributed by atoms with Gasteiger partial charge in [-0.3, -0.25) is 0 Å². The molecule has 0 bridgehead atoms. The molecule has 1 aromatic carbocycles. The van der Waals surface area contributed by atoms with E-state index in [9.17, 15) is 0 Å². The van der Waals surface area contributed by atoms with Crippen LogP contribution in [0.15, 0.2) is 12.1 Å².